The first-order valence-corrected chi connectivity index (χ1v) is 7.21. The second kappa shape index (κ2) is 6.50. The molecule has 0 aromatic rings. The van der Waals surface area contributed by atoms with Crippen LogP contribution < -0.4 is 5.32 Å². The van der Waals surface area contributed by atoms with Gasteiger partial charge in [0.25, 0.3) is 0 Å². The number of nitrogens with one attached hydrogen (secondary N) is 1. The molecule has 3 nitrogen and oxygen atoms in total. The molecule has 1 aliphatic heterocycles. The van der Waals surface area contributed by atoms with E-state index >= 15 is 0 Å². The van der Waals surface area contributed by atoms with Crippen molar-refractivity contribution in [3.63, 3.8) is 0 Å². The molecule has 2 fully saturated rings. The second-order valence-electron chi connectivity index (χ2n) is 5.81. The van der Waals surface area contributed by atoms with Crippen molar-refractivity contribution in [2.24, 2.45) is 11.8 Å². The van der Waals surface area contributed by atoms with Crippen LogP contribution in [0.4, 0.5) is 0 Å². The third kappa shape index (κ3) is 4.07. The number of carbonyl (C=O) groups excluding carboxylic acids is 1. The maximum atomic E-state index is 12.3. The molecule has 1 saturated heterocycles. The third-order valence-electron chi connectivity index (χ3n) is 4.20. The van der Waals surface area contributed by atoms with E-state index in [0.717, 1.165) is 44.9 Å². The first-order chi connectivity index (χ1) is 8.25. The van der Waals surface area contributed by atoms with Crippen molar-refractivity contribution in [1.29, 1.82) is 0 Å². The number of hydrogen-bond donors (Lipinski definition) is 1. The Morgan fingerprint density at radius 2 is 2.12 bits per heavy atom. The largest absolute Gasteiger partial charge is 0.315 e. The highest BCUT2D eigenvalue weighted by Crippen LogP contribution is 2.29. The molecule has 3 heteroatoms. The fourth-order valence-electron chi connectivity index (χ4n) is 3.14. The van der Waals surface area contributed by atoms with E-state index in [9.17, 15) is 4.79 Å². The van der Waals surface area contributed by atoms with E-state index in [4.69, 9.17) is 0 Å². The van der Waals surface area contributed by atoms with E-state index in [2.05, 4.69) is 17.1 Å². The number of nitrogens with zero attached hydrogens (tertiary/aromatic N) is 1. The average molecular weight is 238 g/mol. The summed E-state index contributed by atoms with van der Waals surface area (Å²) in [5.74, 6) is 1.61. The van der Waals surface area contributed by atoms with Gasteiger partial charge < -0.3 is 5.32 Å². The summed E-state index contributed by atoms with van der Waals surface area (Å²) in [5, 5.41) is 3.38. The summed E-state index contributed by atoms with van der Waals surface area (Å²) in [6, 6.07) is 0. The van der Waals surface area contributed by atoms with Crippen LogP contribution in [0.25, 0.3) is 0 Å². The molecule has 0 amide bonds. The van der Waals surface area contributed by atoms with Crippen LogP contribution in [-0.2, 0) is 4.79 Å². The topological polar surface area (TPSA) is 32.3 Å². The monoisotopic (exact) mass is 238 g/mol. The van der Waals surface area contributed by atoms with E-state index in [1.54, 1.807) is 0 Å². The van der Waals surface area contributed by atoms with Gasteiger partial charge in [-0.25, -0.2) is 0 Å². The quantitative estimate of drug-likeness (QED) is 0.812. The second-order valence-corrected chi connectivity index (χ2v) is 5.81. The van der Waals surface area contributed by atoms with Crippen LogP contribution in [0.1, 0.15) is 39.0 Å². The lowest BCUT2D eigenvalue weighted by molar-refractivity contribution is -0.125. The van der Waals surface area contributed by atoms with Crippen LogP contribution in [0.5, 0.6) is 0 Å². The van der Waals surface area contributed by atoms with E-state index in [0.29, 0.717) is 18.2 Å². The summed E-state index contributed by atoms with van der Waals surface area (Å²) in [7, 11) is 0. The lowest BCUT2D eigenvalue weighted by Crippen LogP contribution is -2.36. The summed E-state index contributed by atoms with van der Waals surface area (Å²) >= 11 is 0. The SMILES string of the molecule is CC1CCCC(C(=O)CN2CCCNCC2)C1. The lowest BCUT2D eigenvalue weighted by Gasteiger charge is -2.28. The minimum absolute atomic E-state index is 0.356. The Hall–Kier alpha value is -0.410. The van der Waals surface area contributed by atoms with Gasteiger partial charge >= 0.3 is 0 Å². The van der Waals surface area contributed by atoms with E-state index in [1.165, 1.54) is 19.3 Å². The van der Waals surface area contributed by atoms with Crippen molar-refractivity contribution < 1.29 is 4.79 Å². The average Bonchev–Trinajstić information content (AvgIpc) is 2.57. The molecule has 2 aliphatic rings. The van der Waals surface area contributed by atoms with Crippen molar-refractivity contribution in [2.75, 3.05) is 32.7 Å². The molecule has 0 spiro atoms. The minimum Gasteiger partial charge on any atom is -0.315 e. The van der Waals surface area contributed by atoms with Gasteiger partial charge in [-0.2, -0.15) is 0 Å². The molecular formula is C14H26N2O. The van der Waals surface area contributed by atoms with Crippen LogP contribution in [0.2, 0.25) is 0 Å². The van der Waals surface area contributed by atoms with Gasteiger partial charge in [0.1, 0.15) is 5.78 Å². The first kappa shape index (κ1) is 13.0. The van der Waals surface area contributed by atoms with Crippen molar-refractivity contribution in [2.45, 2.75) is 39.0 Å². The van der Waals surface area contributed by atoms with Gasteiger partial charge in [-0.1, -0.05) is 19.8 Å². The van der Waals surface area contributed by atoms with Gasteiger partial charge in [0, 0.05) is 19.0 Å². The van der Waals surface area contributed by atoms with Gasteiger partial charge in [0.15, 0.2) is 0 Å². The van der Waals surface area contributed by atoms with Gasteiger partial charge in [0.2, 0.25) is 0 Å². The fourth-order valence-corrected chi connectivity index (χ4v) is 3.14. The molecule has 1 saturated carbocycles. The van der Waals surface area contributed by atoms with Crippen molar-refractivity contribution in [3.8, 4) is 0 Å². The minimum atomic E-state index is 0.356. The zero-order chi connectivity index (χ0) is 12.1. The Morgan fingerprint density at radius 3 is 2.94 bits per heavy atom. The summed E-state index contributed by atoms with van der Waals surface area (Å²) in [5.41, 5.74) is 0. The maximum Gasteiger partial charge on any atom is 0.149 e. The molecule has 98 valence electrons. The third-order valence-corrected chi connectivity index (χ3v) is 4.20. The Labute approximate surface area is 105 Å². The summed E-state index contributed by atoms with van der Waals surface area (Å²) in [6.45, 7) is 7.24. The maximum absolute atomic E-state index is 12.3. The van der Waals surface area contributed by atoms with E-state index in [1.807, 2.05) is 0 Å². The van der Waals surface area contributed by atoms with Gasteiger partial charge in [-0.15, -0.1) is 0 Å². The molecule has 2 atom stereocenters. The smallest absolute Gasteiger partial charge is 0.149 e. The van der Waals surface area contributed by atoms with Crippen LogP contribution in [-0.4, -0.2) is 43.4 Å². The predicted octanol–water partition coefficient (Wildman–Crippen LogP) is 1.68. The van der Waals surface area contributed by atoms with Gasteiger partial charge in [-0.05, 0) is 38.3 Å². The molecule has 1 heterocycles. The number of hydrogen-bond acceptors (Lipinski definition) is 3. The molecule has 1 aliphatic carbocycles. The highest BCUT2D eigenvalue weighted by atomic mass is 16.1. The Morgan fingerprint density at radius 1 is 1.24 bits per heavy atom. The first-order valence-electron chi connectivity index (χ1n) is 7.21. The molecule has 0 bridgehead atoms. The van der Waals surface area contributed by atoms with Crippen molar-refractivity contribution in [3.05, 3.63) is 0 Å². The Kier molecular flexibility index (Phi) is 4.99. The molecular weight excluding hydrogens is 212 g/mol. The van der Waals surface area contributed by atoms with E-state index in [-0.39, 0.29) is 0 Å². The van der Waals surface area contributed by atoms with Gasteiger partial charge in [-0.3, -0.25) is 9.69 Å². The summed E-state index contributed by atoms with van der Waals surface area (Å²) < 4.78 is 0. The fraction of sp³-hybridized carbons (Fsp3) is 0.929. The predicted molar refractivity (Wildman–Crippen MR) is 70.1 cm³/mol. The zero-order valence-electron chi connectivity index (χ0n) is 11.1. The summed E-state index contributed by atoms with van der Waals surface area (Å²) in [4.78, 5) is 14.6. The Bertz CT molecular complexity index is 247. The van der Waals surface area contributed by atoms with Crippen LogP contribution in [0.15, 0.2) is 0 Å². The Balaban J connectivity index is 1.78. The molecule has 2 rings (SSSR count). The van der Waals surface area contributed by atoms with Crippen LogP contribution in [0.3, 0.4) is 0 Å². The summed E-state index contributed by atoms with van der Waals surface area (Å²) in [6.07, 6.45) is 6.01. The van der Waals surface area contributed by atoms with Crippen LogP contribution in [0, 0.1) is 11.8 Å². The molecule has 1 N–H and O–H groups in total. The van der Waals surface area contributed by atoms with Crippen molar-refractivity contribution in [1.82, 2.24) is 10.2 Å². The molecule has 2 unspecified atom stereocenters. The lowest BCUT2D eigenvalue weighted by atomic mass is 9.80. The highest BCUT2D eigenvalue weighted by Gasteiger charge is 2.26. The van der Waals surface area contributed by atoms with Crippen LogP contribution >= 0.6 is 0 Å². The van der Waals surface area contributed by atoms with Gasteiger partial charge in [0.05, 0.1) is 6.54 Å². The molecule has 17 heavy (non-hydrogen) atoms. The number of carbonyl (C=O) groups is 1. The van der Waals surface area contributed by atoms with Crippen molar-refractivity contribution >= 4 is 5.78 Å². The standard InChI is InChI=1S/C14H26N2O/c1-12-4-2-5-13(10-12)14(17)11-16-8-3-6-15-7-9-16/h12-13,15H,2-11H2,1H3. The number of ketones is 1. The number of rotatable bonds is 3. The normalized spacial score (nSPS) is 32.1. The molecule has 0 radical (unpaired) electrons. The molecule has 0 aromatic carbocycles. The number of Topliss-reactive ketones (excluding diaryl/α,β-unsaturated/α-hetero) is 1. The zero-order valence-corrected chi connectivity index (χ0v) is 11.1. The van der Waals surface area contributed by atoms with E-state index < -0.39 is 0 Å². The molecule has 0 aromatic heterocycles. The highest BCUT2D eigenvalue weighted by molar-refractivity contribution is 5.83.